The van der Waals surface area contributed by atoms with Gasteiger partial charge in [-0.1, -0.05) is 11.6 Å². The number of hydrogen-bond donors (Lipinski definition) is 1. The van der Waals surface area contributed by atoms with Crippen LogP contribution in [0.2, 0.25) is 5.02 Å². The highest BCUT2D eigenvalue weighted by Crippen LogP contribution is 2.29. The SMILES string of the molecule is CN(C)CCn1ncc(Cl)c1C(O)CC1CCCO1. The lowest BCUT2D eigenvalue weighted by molar-refractivity contribution is 0.0499. The van der Waals surface area contributed by atoms with Gasteiger partial charge in [-0.15, -0.1) is 0 Å². The molecule has 1 fully saturated rings. The number of nitrogens with zero attached hydrogens (tertiary/aromatic N) is 3. The highest BCUT2D eigenvalue weighted by molar-refractivity contribution is 6.31. The van der Waals surface area contributed by atoms with Gasteiger partial charge >= 0.3 is 0 Å². The van der Waals surface area contributed by atoms with Crippen LogP contribution in [-0.2, 0) is 11.3 Å². The van der Waals surface area contributed by atoms with Gasteiger partial charge in [0.1, 0.15) is 0 Å². The molecule has 5 nitrogen and oxygen atoms in total. The van der Waals surface area contributed by atoms with Gasteiger partial charge in [0.15, 0.2) is 0 Å². The van der Waals surface area contributed by atoms with Gasteiger partial charge in [-0.25, -0.2) is 0 Å². The normalized spacial score (nSPS) is 21.2. The molecule has 1 N–H and O–H groups in total. The van der Waals surface area contributed by atoms with E-state index in [1.807, 2.05) is 14.1 Å². The molecule has 0 aliphatic carbocycles. The minimum Gasteiger partial charge on any atom is -0.387 e. The molecular formula is C13H22ClN3O2. The maximum absolute atomic E-state index is 10.4. The van der Waals surface area contributed by atoms with Crippen molar-refractivity contribution in [1.82, 2.24) is 14.7 Å². The van der Waals surface area contributed by atoms with E-state index in [1.54, 1.807) is 10.9 Å². The Hall–Kier alpha value is -0.620. The van der Waals surface area contributed by atoms with Crippen LogP contribution in [0.3, 0.4) is 0 Å². The number of rotatable bonds is 6. The lowest BCUT2D eigenvalue weighted by Crippen LogP contribution is -2.22. The van der Waals surface area contributed by atoms with Crippen molar-refractivity contribution in [2.75, 3.05) is 27.2 Å². The highest BCUT2D eigenvalue weighted by atomic mass is 35.5. The maximum atomic E-state index is 10.4. The first kappa shape index (κ1) is 14.8. The zero-order chi connectivity index (χ0) is 13.8. The third-order valence-corrected chi connectivity index (χ3v) is 3.71. The summed E-state index contributed by atoms with van der Waals surface area (Å²) < 4.78 is 7.35. The topological polar surface area (TPSA) is 50.5 Å². The molecule has 0 radical (unpaired) electrons. The van der Waals surface area contributed by atoms with Gasteiger partial charge in [-0.2, -0.15) is 5.10 Å². The van der Waals surface area contributed by atoms with E-state index >= 15 is 0 Å². The monoisotopic (exact) mass is 287 g/mol. The minimum atomic E-state index is -0.611. The van der Waals surface area contributed by atoms with Crippen LogP contribution >= 0.6 is 11.6 Å². The molecule has 1 aliphatic rings. The number of halogens is 1. The van der Waals surface area contributed by atoms with Crippen LogP contribution in [0.25, 0.3) is 0 Å². The van der Waals surface area contributed by atoms with E-state index in [0.717, 1.165) is 32.5 Å². The van der Waals surface area contributed by atoms with E-state index in [9.17, 15) is 5.11 Å². The van der Waals surface area contributed by atoms with Crippen LogP contribution in [0.5, 0.6) is 0 Å². The summed E-state index contributed by atoms with van der Waals surface area (Å²) in [5.74, 6) is 0. The van der Waals surface area contributed by atoms with Crippen molar-refractivity contribution in [2.45, 2.75) is 38.0 Å². The number of aromatic nitrogens is 2. The smallest absolute Gasteiger partial charge is 0.0996 e. The van der Waals surface area contributed by atoms with E-state index in [4.69, 9.17) is 16.3 Å². The van der Waals surface area contributed by atoms with Crippen LogP contribution in [0.4, 0.5) is 0 Å². The average molecular weight is 288 g/mol. The average Bonchev–Trinajstić information content (AvgIpc) is 2.96. The number of ether oxygens (including phenoxy) is 1. The van der Waals surface area contributed by atoms with Gasteiger partial charge in [0.2, 0.25) is 0 Å². The summed E-state index contributed by atoms with van der Waals surface area (Å²) >= 11 is 6.14. The van der Waals surface area contributed by atoms with Crippen molar-refractivity contribution in [3.8, 4) is 0 Å². The maximum Gasteiger partial charge on any atom is 0.0996 e. The Morgan fingerprint density at radius 2 is 2.42 bits per heavy atom. The van der Waals surface area contributed by atoms with Gasteiger partial charge < -0.3 is 14.7 Å². The Morgan fingerprint density at radius 3 is 3.05 bits per heavy atom. The first-order valence-corrected chi connectivity index (χ1v) is 7.11. The highest BCUT2D eigenvalue weighted by Gasteiger charge is 2.24. The first-order chi connectivity index (χ1) is 9.08. The van der Waals surface area contributed by atoms with E-state index < -0.39 is 6.10 Å². The second-order valence-electron chi connectivity index (χ2n) is 5.29. The largest absolute Gasteiger partial charge is 0.387 e. The van der Waals surface area contributed by atoms with E-state index in [0.29, 0.717) is 17.1 Å². The van der Waals surface area contributed by atoms with Gasteiger partial charge in [-0.3, -0.25) is 4.68 Å². The van der Waals surface area contributed by atoms with Crippen LogP contribution in [0.1, 0.15) is 31.1 Å². The van der Waals surface area contributed by atoms with Crippen molar-refractivity contribution >= 4 is 11.6 Å². The van der Waals surface area contributed by atoms with Crippen molar-refractivity contribution in [3.63, 3.8) is 0 Å². The van der Waals surface area contributed by atoms with Crippen molar-refractivity contribution < 1.29 is 9.84 Å². The summed E-state index contributed by atoms with van der Waals surface area (Å²) in [5.41, 5.74) is 0.707. The molecule has 2 atom stereocenters. The van der Waals surface area contributed by atoms with E-state index in [1.165, 1.54) is 0 Å². The molecule has 6 heteroatoms. The molecule has 1 aromatic heterocycles. The van der Waals surface area contributed by atoms with Crippen LogP contribution in [0, 0.1) is 0 Å². The molecule has 0 spiro atoms. The van der Waals surface area contributed by atoms with Crippen LogP contribution in [0.15, 0.2) is 6.20 Å². The number of hydrogen-bond acceptors (Lipinski definition) is 4. The summed E-state index contributed by atoms with van der Waals surface area (Å²) in [6.45, 7) is 2.38. The molecule has 1 aliphatic heterocycles. The van der Waals surface area contributed by atoms with Gasteiger partial charge in [-0.05, 0) is 26.9 Å². The van der Waals surface area contributed by atoms with Crippen LogP contribution in [-0.4, -0.2) is 53.1 Å². The lowest BCUT2D eigenvalue weighted by atomic mass is 10.1. The summed E-state index contributed by atoms with van der Waals surface area (Å²) in [6.07, 6.45) is 3.81. The second-order valence-corrected chi connectivity index (χ2v) is 5.70. The van der Waals surface area contributed by atoms with Crippen molar-refractivity contribution in [1.29, 1.82) is 0 Å². The Bertz CT molecular complexity index is 403. The number of aliphatic hydroxyl groups excluding tert-OH is 1. The molecule has 1 aromatic rings. The molecule has 0 amide bonds. The number of likely N-dealkylation sites (N-methyl/N-ethyl adjacent to an activating group) is 1. The summed E-state index contributed by atoms with van der Waals surface area (Å²) in [4.78, 5) is 2.08. The zero-order valence-corrected chi connectivity index (χ0v) is 12.3. The predicted octanol–water partition coefficient (Wildman–Crippen LogP) is 1.70. The Kier molecular flexibility index (Phi) is 5.21. The molecule has 0 saturated carbocycles. The second kappa shape index (κ2) is 6.70. The predicted molar refractivity (Wildman–Crippen MR) is 74.3 cm³/mol. The molecule has 1 saturated heterocycles. The fourth-order valence-electron chi connectivity index (χ4n) is 2.37. The van der Waals surface area contributed by atoms with Gasteiger partial charge in [0.05, 0.1) is 35.7 Å². The molecule has 2 rings (SSSR count). The Balaban J connectivity index is 2.02. The quantitative estimate of drug-likeness (QED) is 0.865. The molecule has 19 heavy (non-hydrogen) atoms. The molecule has 2 unspecified atom stereocenters. The summed E-state index contributed by atoms with van der Waals surface area (Å²) in [6, 6.07) is 0. The van der Waals surface area contributed by atoms with Gasteiger partial charge in [0.25, 0.3) is 0 Å². The molecule has 2 heterocycles. The fraction of sp³-hybridized carbons (Fsp3) is 0.769. The van der Waals surface area contributed by atoms with E-state index in [2.05, 4.69) is 10.00 Å². The van der Waals surface area contributed by atoms with Crippen molar-refractivity contribution in [2.24, 2.45) is 0 Å². The number of aliphatic hydroxyl groups is 1. The lowest BCUT2D eigenvalue weighted by Gasteiger charge is -2.18. The third-order valence-electron chi connectivity index (χ3n) is 3.42. The van der Waals surface area contributed by atoms with Crippen LogP contribution < -0.4 is 0 Å². The molecule has 0 aromatic carbocycles. The standard InChI is InChI=1S/C13H22ClN3O2/c1-16(2)5-6-17-13(11(14)9-15-17)12(18)8-10-4-3-7-19-10/h9-10,12,18H,3-8H2,1-2H3. The van der Waals surface area contributed by atoms with Gasteiger partial charge in [0, 0.05) is 19.6 Å². The Morgan fingerprint density at radius 1 is 1.63 bits per heavy atom. The third kappa shape index (κ3) is 3.92. The summed E-state index contributed by atoms with van der Waals surface area (Å²) in [5, 5.41) is 15.1. The fourth-order valence-corrected chi connectivity index (χ4v) is 2.63. The Labute approximate surface area is 119 Å². The minimum absolute atomic E-state index is 0.142. The molecule has 0 bridgehead atoms. The van der Waals surface area contributed by atoms with Crippen molar-refractivity contribution in [3.05, 3.63) is 16.9 Å². The molecular weight excluding hydrogens is 266 g/mol. The molecule has 108 valence electrons. The first-order valence-electron chi connectivity index (χ1n) is 6.73. The zero-order valence-electron chi connectivity index (χ0n) is 11.5. The van der Waals surface area contributed by atoms with E-state index in [-0.39, 0.29) is 6.10 Å². The summed E-state index contributed by atoms with van der Waals surface area (Å²) in [7, 11) is 4.02.